The Bertz CT molecular complexity index is 1090. The predicted molar refractivity (Wildman–Crippen MR) is 120 cm³/mol. The van der Waals surface area contributed by atoms with Gasteiger partial charge in [-0.3, -0.25) is 19.5 Å². The van der Waals surface area contributed by atoms with Gasteiger partial charge in [-0.15, -0.1) is 0 Å². The molecule has 2 unspecified atom stereocenters. The van der Waals surface area contributed by atoms with E-state index >= 15 is 0 Å². The number of imide groups is 1. The zero-order valence-corrected chi connectivity index (χ0v) is 18.8. The van der Waals surface area contributed by atoms with Crippen molar-refractivity contribution in [1.82, 2.24) is 29.6 Å². The second-order valence-corrected chi connectivity index (χ2v) is 8.36. The van der Waals surface area contributed by atoms with E-state index in [9.17, 15) is 9.59 Å². The first kappa shape index (κ1) is 21.5. The summed E-state index contributed by atoms with van der Waals surface area (Å²) in [5.74, 6) is 0.656. The maximum atomic E-state index is 12.9. The summed E-state index contributed by atoms with van der Waals surface area (Å²) in [7, 11) is 3.27. The molecule has 2 fully saturated rings. The van der Waals surface area contributed by atoms with E-state index in [-0.39, 0.29) is 12.5 Å². The van der Waals surface area contributed by atoms with Gasteiger partial charge in [-0.25, -0.2) is 14.8 Å². The Labute approximate surface area is 191 Å². The van der Waals surface area contributed by atoms with Gasteiger partial charge in [-0.1, -0.05) is 12.1 Å². The van der Waals surface area contributed by atoms with E-state index in [4.69, 9.17) is 9.47 Å². The highest BCUT2D eigenvalue weighted by Crippen LogP contribution is 2.28. The number of rotatable bonds is 6. The zero-order valence-electron chi connectivity index (χ0n) is 18.8. The fourth-order valence-corrected chi connectivity index (χ4v) is 4.37. The minimum absolute atomic E-state index is 0.119. The lowest BCUT2D eigenvalue weighted by molar-refractivity contribution is -0.136. The van der Waals surface area contributed by atoms with Gasteiger partial charge < -0.3 is 14.4 Å². The molecule has 0 spiro atoms. The third-order valence-electron chi connectivity index (χ3n) is 6.23. The van der Waals surface area contributed by atoms with Crippen LogP contribution in [-0.4, -0.2) is 114 Å². The van der Waals surface area contributed by atoms with Gasteiger partial charge >= 0.3 is 6.03 Å². The average Bonchev–Trinajstić information content (AvgIpc) is 3.22. The van der Waals surface area contributed by atoms with E-state index in [0.717, 1.165) is 48.7 Å². The van der Waals surface area contributed by atoms with E-state index in [2.05, 4.69) is 19.9 Å². The van der Waals surface area contributed by atoms with Crippen LogP contribution >= 0.6 is 0 Å². The van der Waals surface area contributed by atoms with Crippen LogP contribution in [0.25, 0.3) is 10.9 Å². The van der Waals surface area contributed by atoms with Gasteiger partial charge in [-0.05, 0) is 12.1 Å². The maximum Gasteiger partial charge on any atom is 0.328 e. The Hall–Kier alpha value is -3.31. The number of aliphatic imine (C=N–C) groups is 1. The van der Waals surface area contributed by atoms with Gasteiger partial charge in [0.05, 0.1) is 37.0 Å². The molecule has 3 aliphatic rings. The van der Waals surface area contributed by atoms with Crippen LogP contribution in [-0.2, 0) is 16.1 Å². The number of aromatic nitrogens is 2. The largest absolute Gasteiger partial charge is 0.476 e. The summed E-state index contributed by atoms with van der Waals surface area (Å²) in [4.78, 5) is 45.9. The Morgan fingerprint density at radius 3 is 2.73 bits per heavy atom. The van der Waals surface area contributed by atoms with Crippen molar-refractivity contribution in [1.29, 1.82) is 0 Å². The van der Waals surface area contributed by atoms with Crippen molar-refractivity contribution in [3.63, 3.8) is 0 Å². The maximum absolute atomic E-state index is 12.9. The van der Waals surface area contributed by atoms with Crippen LogP contribution in [0.2, 0.25) is 0 Å². The number of hydrogen-bond donors (Lipinski definition) is 0. The quantitative estimate of drug-likeness (QED) is 0.619. The first-order chi connectivity index (χ1) is 16.0. The van der Waals surface area contributed by atoms with E-state index in [1.165, 1.54) is 11.9 Å². The van der Waals surface area contributed by atoms with Crippen molar-refractivity contribution < 1.29 is 19.1 Å². The fourth-order valence-electron chi connectivity index (χ4n) is 4.37. The third kappa shape index (κ3) is 4.09. The van der Waals surface area contributed by atoms with Gasteiger partial charge in [0, 0.05) is 33.7 Å². The molecule has 11 nitrogen and oxygen atoms in total. The molecule has 0 bridgehead atoms. The molecule has 0 radical (unpaired) electrons. The molecule has 1 aromatic carbocycles. The van der Waals surface area contributed by atoms with Crippen LogP contribution in [0.3, 0.4) is 0 Å². The molecule has 3 amide bonds. The molecule has 4 heterocycles. The van der Waals surface area contributed by atoms with Crippen LogP contribution in [0, 0.1) is 0 Å². The van der Waals surface area contributed by atoms with Crippen LogP contribution in [0.1, 0.15) is 5.82 Å². The molecule has 5 rings (SSSR count). The second kappa shape index (κ2) is 8.91. The van der Waals surface area contributed by atoms with Gasteiger partial charge in [0.15, 0.2) is 18.0 Å². The fraction of sp³-hybridized carbons (Fsp3) is 0.500. The van der Waals surface area contributed by atoms with Gasteiger partial charge in [0.1, 0.15) is 6.61 Å². The minimum atomic E-state index is -0.605. The van der Waals surface area contributed by atoms with E-state index in [1.807, 2.05) is 24.3 Å². The monoisotopic (exact) mass is 453 g/mol. The predicted octanol–water partition coefficient (Wildman–Crippen LogP) is 0.403. The minimum Gasteiger partial charge on any atom is -0.476 e. The summed E-state index contributed by atoms with van der Waals surface area (Å²) >= 11 is 0. The normalized spacial score (nSPS) is 23.5. The molecule has 1 aromatic heterocycles. The SMILES string of the molecule is CN1C(=O)C2C(N=CN2C)N(Cc2nc(OCCN3CCOCC3)c3ccccc3n2)C1=O. The topological polar surface area (TPSA) is 104 Å². The molecule has 2 aromatic rings. The molecule has 3 aliphatic heterocycles. The van der Waals surface area contributed by atoms with Crippen molar-refractivity contribution >= 4 is 29.2 Å². The standard InChI is InChI=1S/C22H27N7O4/c1-26-14-23-19-18(26)21(30)27(2)22(31)29(19)13-17-24-16-6-4-3-5-15(16)20(25-17)33-12-9-28-7-10-32-11-8-28/h3-6,14,18-19H,7-13H2,1-2H3. The van der Waals surface area contributed by atoms with Crippen LogP contribution < -0.4 is 4.74 Å². The molecule has 11 heteroatoms. The second-order valence-electron chi connectivity index (χ2n) is 8.36. The number of para-hydroxylation sites is 1. The number of nitrogens with zero attached hydrogens (tertiary/aromatic N) is 7. The number of carbonyl (C=O) groups is 2. The van der Waals surface area contributed by atoms with Crippen LogP contribution in [0.15, 0.2) is 29.3 Å². The molecule has 33 heavy (non-hydrogen) atoms. The number of urea groups is 1. The molecule has 0 aliphatic carbocycles. The molecular formula is C22H27N7O4. The molecule has 174 valence electrons. The molecule has 0 N–H and O–H groups in total. The van der Waals surface area contributed by atoms with E-state index < -0.39 is 18.2 Å². The van der Waals surface area contributed by atoms with Gasteiger partial charge in [0.2, 0.25) is 5.88 Å². The van der Waals surface area contributed by atoms with Crippen molar-refractivity contribution in [2.45, 2.75) is 18.8 Å². The van der Waals surface area contributed by atoms with E-state index in [1.54, 1.807) is 18.3 Å². The van der Waals surface area contributed by atoms with Crippen molar-refractivity contribution in [3.05, 3.63) is 30.1 Å². The summed E-state index contributed by atoms with van der Waals surface area (Å²) in [5, 5.41) is 0.817. The lowest BCUT2D eigenvalue weighted by Crippen LogP contribution is -2.63. The Balaban J connectivity index is 1.38. The number of hydrogen-bond acceptors (Lipinski definition) is 9. The molecule has 2 saturated heterocycles. The van der Waals surface area contributed by atoms with Crippen molar-refractivity contribution in [2.24, 2.45) is 4.99 Å². The smallest absolute Gasteiger partial charge is 0.328 e. The number of amides is 3. The highest BCUT2D eigenvalue weighted by Gasteiger charge is 2.49. The Morgan fingerprint density at radius 2 is 1.91 bits per heavy atom. The summed E-state index contributed by atoms with van der Waals surface area (Å²) < 4.78 is 11.5. The number of benzene rings is 1. The molecule has 0 saturated carbocycles. The number of carbonyl (C=O) groups excluding carboxylic acids is 2. The highest BCUT2D eigenvalue weighted by atomic mass is 16.5. The zero-order chi connectivity index (χ0) is 22.9. The summed E-state index contributed by atoms with van der Waals surface area (Å²) in [6, 6.07) is 6.68. The van der Waals surface area contributed by atoms with Crippen molar-refractivity contribution in [2.75, 3.05) is 53.6 Å². The lowest BCUT2D eigenvalue weighted by Gasteiger charge is -2.40. The summed E-state index contributed by atoms with van der Waals surface area (Å²) in [6.45, 7) is 4.63. The molecular weight excluding hydrogens is 426 g/mol. The summed E-state index contributed by atoms with van der Waals surface area (Å²) in [6.07, 6.45) is 0.987. The van der Waals surface area contributed by atoms with Crippen LogP contribution in [0.4, 0.5) is 4.79 Å². The number of likely N-dealkylation sites (N-methyl/N-ethyl adjacent to an activating group) is 2. The molecule has 2 atom stereocenters. The lowest BCUT2D eigenvalue weighted by atomic mass is 10.1. The van der Waals surface area contributed by atoms with E-state index in [0.29, 0.717) is 18.3 Å². The number of fused-ring (bicyclic) bond motifs is 2. The highest BCUT2D eigenvalue weighted by molar-refractivity contribution is 6.01. The third-order valence-corrected chi connectivity index (χ3v) is 6.23. The van der Waals surface area contributed by atoms with Gasteiger partial charge in [0.25, 0.3) is 5.91 Å². The van der Waals surface area contributed by atoms with Crippen LogP contribution in [0.5, 0.6) is 5.88 Å². The Kier molecular flexibility index (Phi) is 5.81. The van der Waals surface area contributed by atoms with Gasteiger partial charge in [-0.2, -0.15) is 4.98 Å². The summed E-state index contributed by atoms with van der Waals surface area (Å²) in [5.41, 5.74) is 0.737. The number of morpholine rings is 1. The Morgan fingerprint density at radius 1 is 1.12 bits per heavy atom. The first-order valence-electron chi connectivity index (χ1n) is 11.0. The van der Waals surface area contributed by atoms with Crippen molar-refractivity contribution in [3.8, 4) is 5.88 Å². The first-order valence-corrected chi connectivity index (χ1v) is 11.0. The number of ether oxygens (including phenoxy) is 2. The average molecular weight is 454 g/mol.